The molecule has 0 aromatic carbocycles. The summed E-state index contributed by atoms with van der Waals surface area (Å²) >= 11 is 0. The summed E-state index contributed by atoms with van der Waals surface area (Å²) in [4.78, 5) is 30.7. The zero-order chi connectivity index (χ0) is 20.6. The molecular weight excluding hydrogens is 354 g/mol. The van der Waals surface area contributed by atoms with E-state index in [1.54, 1.807) is 16.8 Å². The smallest absolute Gasteiger partial charge is 0.267 e. The van der Waals surface area contributed by atoms with Crippen LogP contribution in [0.25, 0.3) is 16.7 Å². The average Bonchev–Trinajstić information content (AvgIpc) is 2.60. The van der Waals surface area contributed by atoms with E-state index in [0.29, 0.717) is 23.2 Å². The van der Waals surface area contributed by atoms with Crippen molar-refractivity contribution in [1.29, 1.82) is 5.41 Å². The van der Waals surface area contributed by atoms with Crippen LogP contribution in [0.2, 0.25) is 0 Å². The van der Waals surface area contributed by atoms with E-state index in [4.69, 9.17) is 10.4 Å². The Hall–Kier alpha value is -2.96. The maximum atomic E-state index is 13.2. The minimum atomic E-state index is -0.444. The van der Waals surface area contributed by atoms with Crippen molar-refractivity contribution in [3.63, 3.8) is 0 Å². The quantitative estimate of drug-likeness (QED) is 0.681. The molecule has 2 N–H and O–H groups in total. The lowest BCUT2D eigenvalue weighted by Gasteiger charge is -2.21. The molecule has 0 aliphatic heterocycles. The SMILES string of the molecule is CCCCn1c(=N)c(C(=O)NC(C)(C)C)cc2c(=O)n3cccc(C)c3nc21. The van der Waals surface area contributed by atoms with Crippen molar-refractivity contribution in [2.75, 3.05) is 0 Å². The third kappa shape index (κ3) is 3.56. The zero-order valence-electron chi connectivity index (χ0n) is 17.1. The third-order valence-electron chi connectivity index (χ3n) is 4.60. The van der Waals surface area contributed by atoms with Gasteiger partial charge >= 0.3 is 0 Å². The Morgan fingerprint density at radius 3 is 2.64 bits per heavy atom. The van der Waals surface area contributed by atoms with Crippen molar-refractivity contribution in [1.82, 2.24) is 19.3 Å². The summed E-state index contributed by atoms with van der Waals surface area (Å²) in [7, 11) is 0. The number of amides is 1. The number of nitrogens with one attached hydrogen (secondary N) is 2. The largest absolute Gasteiger partial charge is 0.347 e. The topological polar surface area (TPSA) is 92.2 Å². The molecule has 3 aromatic rings. The second kappa shape index (κ2) is 7.22. The molecule has 3 rings (SSSR count). The number of carbonyl (C=O) groups is 1. The van der Waals surface area contributed by atoms with Crippen LogP contribution in [0.1, 0.15) is 56.5 Å². The summed E-state index contributed by atoms with van der Waals surface area (Å²) in [6.45, 7) is 10.1. The molecule has 148 valence electrons. The molecule has 0 aliphatic rings. The molecule has 7 nitrogen and oxygen atoms in total. The predicted octanol–water partition coefficient (Wildman–Crippen LogP) is 2.77. The molecule has 0 atom stereocenters. The van der Waals surface area contributed by atoms with E-state index in [9.17, 15) is 9.59 Å². The first-order valence-electron chi connectivity index (χ1n) is 9.56. The van der Waals surface area contributed by atoms with Crippen molar-refractivity contribution < 1.29 is 4.79 Å². The van der Waals surface area contributed by atoms with Gasteiger partial charge in [-0.3, -0.25) is 19.4 Å². The first-order valence-corrected chi connectivity index (χ1v) is 9.56. The summed E-state index contributed by atoms with van der Waals surface area (Å²) in [6, 6.07) is 5.20. The van der Waals surface area contributed by atoms with Crippen LogP contribution in [-0.2, 0) is 6.54 Å². The lowest BCUT2D eigenvalue weighted by Crippen LogP contribution is -2.43. The van der Waals surface area contributed by atoms with Crippen LogP contribution in [-0.4, -0.2) is 25.4 Å². The van der Waals surface area contributed by atoms with Gasteiger partial charge in [0.25, 0.3) is 11.5 Å². The molecule has 0 saturated carbocycles. The number of carbonyl (C=O) groups excluding carboxylic acids is 1. The second-order valence-corrected chi connectivity index (χ2v) is 8.15. The molecule has 3 aromatic heterocycles. The van der Waals surface area contributed by atoms with Gasteiger partial charge in [-0.2, -0.15) is 0 Å². The van der Waals surface area contributed by atoms with Gasteiger partial charge in [0.15, 0.2) is 0 Å². The number of aryl methyl sites for hydroxylation is 2. The van der Waals surface area contributed by atoms with E-state index >= 15 is 0 Å². The van der Waals surface area contributed by atoms with Gasteiger partial charge in [-0.25, -0.2) is 4.98 Å². The molecule has 0 bridgehead atoms. The van der Waals surface area contributed by atoms with Gasteiger partial charge in [0, 0.05) is 18.3 Å². The number of fused-ring (bicyclic) bond motifs is 2. The van der Waals surface area contributed by atoms with Gasteiger partial charge in [-0.1, -0.05) is 19.4 Å². The number of hydrogen-bond donors (Lipinski definition) is 2. The van der Waals surface area contributed by atoms with Crippen molar-refractivity contribution in [2.24, 2.45) is 0 Å². The van der Waals surface area contributed by atoms with Gasteiger partial charge in [0.05, 0.1) is 10.9 Å². The van der Waals surface area contributed by atoms with E-state index in [2.05, 4.69) is 12.2 Å². The Morgan fingerprint density at radius 2 is 2.00 bits per heavy atom. The third-order valence-corrected chi connectivity index (χ3v) is 4.60. The van der Waals surface area contributed by atoms with Gasteiger partial charge in [-0.05, 0) is 51.8 Å². The normalized spacial score (nSPS) is 11.9. The molecular formula is C21H27N5O2. The fourth-order valence-corrected chi connectivity index (χ4v) is 3.21. The molecule has 0 saturated heterocycles. The molecule has 7 heteroatoms. The van der Waals surface area contributed by atoms with Crippen molar-refractivity contribution in [3.8, 4) is 0 Å². The average molecular weight is 381 g/mol. The van der Waals surface area contributed by atoms with Crippen LogP contribution in [0.4, 0.5) is 0 Å². The summed E-state index contributed by atoms with van der Waals surface area (Å²) in [5.74, 6) is -0.363. The minimum absolute atomic E-state index is 0.0764. The van der Waals surface area contributed by atoms with E-state index in [0.717, 1.165) is 18.4 Å². The molecule has 0 radical (unpaired) electrons. The van der Waals surface area contributed by atoms with Crippen molar-refractivity contribution in [2.45, 2.75) is 59.5 Å². The highest BCUT2D eigenvalue weighted by molar-refractivity contribution is 5.97. The van der Waals surface area contributed by atoms with Gasteiger partial charge in [0.2, 0.25) is 0 Å². The molecule has 28 heavy (non-hydrogen) atoms. The fraction of sp³-hybridized carbons (Fsp3) is 0.429. The van der Waals surface area contributed by atoms with Crippen molar-refractivity contribution in [3.05, 3.63) is 51.4 Å². The summed E-state index contributed by atoms with van der Waals surface area (Å²) in [6.07, 6.45) is 3.43. The maximum absolute atomic E-state index is 13.2. The number of hydrogen-bond acceptors (Lipinski definition) is 4. The van der Waals surface area contributed by atoms with Crippen LogP contribution in [0, 0.1) is 12.3 Å². The van der Waals surface area contributed by atoms with Crippen molar-refractivity contribution >= 4 is 22.6 Å². The number of pyridine rings is 2. The van der Waals surface area contributed by atoms with Crippen LogP contribution in [0.15, 0.2) is 29.2 Å². The van der Waals surface area contributed by atoms with Gasteiger partial charge < -0.3 is 9.88 Å². The van der Waals surface area contributed by atoms with Gasteiger partial charge in [-0.15, -0.1) is 0 Å². The Balaban J connectivity index is 2.39. The highest BCUT2D eigenvalue weighted by atomic mass is 16.2. The van der Waals surface area contributed by atoms with E-state index < -0.39 is 5.54 Å². The van der Waals surface area contributed by atoms with E-state index in [-0.39, 0.29) is 22.5 Å². The first kappa shape index (κ1) is 19.8. The highest BCUT2D eigenvalue weighted by Gasteiger charge is 2.21. The zero-order valence-corrected chi connectivity index (χ0v) is 17.1. The number of nitrogens with zero attached hydrogens (tertiary/aromatic N) is 3. The van der Waals surface area contributed by atoms with Crippen LogP contribution < -0.4 is 16.4 Å². The Labute approximate surface area is 163 Å². The van der Waals surface area contributed by atoms with Gasteiger partial charge in [0.1, 0.15) is 16.8 Å². The molecule has 3 heterocycles. The highest BCUT2D eigenvalue weighted by Crippen LogP contribution is 2.14. The summed E-state index contributed by atoms with van der Waals surface area (Å²) in [5, 5.41) is 11.9. The van der Waals surface area contributed by atoms with E-state index in [1.807, 2.05) is 33.8 Å². The summed E-state index contributed by atoms with van der Waals surface area (Å²) in [5.41, 5.74) is 1.48. The van der Waals surface area contributed by atoms with Crippen LogP contribution in [0.5, 0.6) is 0 Å². The summed E-state index contributed by atoms with van der Waals surface area (Å²) < 4.78 is 3.18. The minimum Gasteiger partial charge on any atom is -0.347 e. The number of unbranched alkanes of at least 4 members (excludes halogenated alkanes) is 1. The maximum Gasteiger partial charge on any atom is 0.267 e. The lowest BCUT2D eigenvalue weighted by atomic mass is 10.1. The lowest BCUT2D eigenvalue weighted by molar-refractivity contribution is 0.0917. The molecule has 1 amide bonds. The van der Waals surface area contributed by atoms with Crippen LogP contribution >= 0.6 is 0 Å². The number of aromatic nitrogens is 3. The Morgan fingerprint density at radius 1 is 1.29 bits per heavy atom. The van der Waals surface area contributed by atoms with E-state index in [1.165, 1.54) is 10.5 Å². The first-order chi connectivity index (χ1) is 13.1. The molecule has 0 unspecified atom stereocenters. The Kier molecular flexibility index (Phi) is 5.10. The fourth-order valence-electron chi connectivity index (χ4n) is 3.21. The predicted molar refractivity (Wildman–Crippen MR) is 110 cm³/mol. The van der Waals surface area contributed by atoms with Crippen LogP contribution in [0.3, 0.4) is 0 Å². The number of rotatable bonds is 4. The second-order valence-electron chi connectivity index (χ2n) is 8.15. The molecule has 0 fully saturated rings. The monoisotopic (exact) mass is 381 g/mol. The molecule has 0 spiro atoms. The standard InChI is InChI=1S/C21H27N5O2/c1-6-7-10-25-16(22)14(19(27)24-21(3,4)5)12-15-18(25)23-17-13(2)9-8-11-26(17)20(15)28/h8-9,11-12,22H,6-7,10H2,1-5H3,(H,24,27). The Bertz CT molecular complexity index is 1180. The molecule has 0 aliphatic carbocycles.